The molecule has 1 aromatic heterocycles. The van der Waals surface area contributed by atoms with Gasteiger partial charge < -0.3 is 15.4 Å². The lowest BCUT2D eigenvalue weighted by Gasteiger charge is -2.13. The van der Waals surface area contributed by atoms with Crippen LogP contribution in [0.1, 0.15) is 27.0 Å². The van der Waals surface area contributed by atoms with Crippen LogP contribution in [0.25, 0.3) is 0 Å². The minimum Gasteiger partial charge on any atom is -0.449 e. The minimum absolute atomic E-state index is 0.161. The lowest BCUT2D eigenvalue weighted by Crippen LogP contribution is -2.43. The average molecular weight is 375 g/mol. The van der Waals surface area contributed by atoms with Crippen LogP contribution < -0.4 is 16.0 Å². The number of anilines is 1. The van der Waals surface area contributed by atoms with Crippen molar-refractivity contribution in [2.24, 2.45) is 0 Å². The van der Waals surface area contributed by atoms with E-state index in [4.69, 9.17) is 4.74 Å². The molecule has 3 N–H and O–H groups in total. The smallest absolute Gasteiger partial charge is 0.338 e. The Bertz CT molecular complexity index is 820. The van der Waals surface area contributed by atoms with Gasteiger partial charge in [0.25, 0.3) is 11.8 Å². The zero-order valence-corrected chi connectivity index (χ0v) is 14.9. The fourth-order valence-electron chi connectivity index (χ4n) is 1.88. The lowest BCUT2D eigenvalue weighted by molar-refractivity contribution is -0.127. The summed E-state index contributed by atoms with van der Waals surface area (Å²) in [4.78, 5) is 47.6. The molecule has 1 atom stereocenters. The third kappa shape index (κ3) is 5.15. The number of rotatable bonds is 5. The van der Waals surface area contributed by atoms with Crippen LogP contribution in [0.15, 0.2) is 41.8 Å². The summed E-state index contributed by atoms with van der Waals surface area (Å²) in [5, 5.41) is 8.71. The van der Waals surface area contributed by atoms with E-state index in [1.54, 1.807) is 29.6 Å². The molecule has 0 aliphatic carbocycles. The highest BCUT2D eigenvalue weighted by Crippen LogP contribution is 2.16. The summed E-state index contributed by atoms with van der Waals surface area (Å²) in [5.41, 5.74) is 0.578. The molecule has 0 radical (unpaired) electrons. The van der Waals surface area contributed by atoms with Crippen molar-refractivity contribution >= 4 is 40.8 Å². The van der Waals surface area contributed by atoms with Gasteiger partial charge in [0.1, 0.15) is 0 Å². The largest absolute Gasteiger partial charge is 0.449 e. The molecule has 0 fully saturated rings. The van der Waals surface area contributed by atoms with Gasteiger partial charge in [0.05, 0.1) is 10.4 Å². The molecule has 0 spiro atoms. The number of carbonyl (C=O) groups excluding carboxylic acids is 4. The molecule has 0 aliphatic rings. The molecule has 2 rings (SSSR count). The summed E-state index contributed by atoms with van der Waals surface area (Å²) in [6.07, 6.45) is -1.16. The number of imide groups is 1. The van der Waals surface area contributed by atoms with Gasteiger partial charge in [0.2, 0.25) is 0 Å². The number of thiophene rings is 1. The highest BCUT2D eigenvalue weighted by molar-refractivity contribution is 7.12. The Morgan fingerprint density at radius 2 is 1.88 bits per heavy atom. The van der Waals surface area contributed by atoms with E-state index in [1.807, 2.05) is 5.32 Å². The minimum atomic E-state index is -1.16. The Hall–Kier alpha value is -3.20. The Morgan fingerprint density at radius 1 is 1.12 bits per heavy atom. The molecular formula is C17H17N3O5S. The van der Waals surface area contributed by atoms with Crippen LogP contribution in [-0.4, -0.2) is 37.0 Å². The molecule has 0 bridgehead atoms. The van der Waals surface area contributed by atoms with E-state index < -0.39 is 24.0 Å². The van der Waals surface area contributed by atoms with Crippen LogP contribution in [-0.2, 0) is 9.53 Å². The van der Waals surface area contributed by atoms with E-state index in [-0.39, 0.29) is 11.5 Å². The molecule has 0 aliphatic heterocycles. The van der Waals surface area contributed by atoms with Crippen LogP contribution in [0.2, 0.25) is 0 Å². The SMILES string of the molecule is CNC(=O)NC(=O)[C@@H](C)OC(=O)c1cccc(NC(=O)c2cccs2)c1. The van der Waals surface area contributed by atoms with Crippen molar-refractivity contribution in [1.29, 1.82) is 0 Å². The van der Waals surface area contributed by atoms with E-state index in [9.17, 15) is 19.2 Å². The first-order valence-electron chi connectivity index (χ1n) is 7.59. The predicted molar refractivity (Wildman–Crippen MR) is 96.2 cm³/mol. The fraction of sp³-hybridized carbons (Fsp3) is 0.176. The van der Waals surface area contributed by atoms with Crippen molar-refractivity contribution < 1.29 is 23.9 Å². The standard InChI is InChI=1S/C17H17N3O5S/c1-10(14(21)20-17(24)18-2)25-16(23)11-5-3-6-12(9-11)19-15(22)13-7-4-8-26-13/h3-10H,1-2H3,(H,19,22)(H2,18,20,21,24)/t10-/m1/s1. The number of hydrogen-bond donors (Lipinski definition) is 3. The van der Waals surface area contributed by atoms with Crippen molar-refractivity contribution in [3.63, 3.8) is 0 Å². The van der Waals surface area contributed by atoms with Crippen LogP contribution >= 0.6 is 11.3 Å². The van der Waals surface area contributed by atoms with E-state index in [0.717, 1.165) is 0 Å². The second-order valence-corrected chi connectivity index (χ2v) is 6.08. The first kappa shape index (κ1) is 19.1. The monoisotopic (exact) mass is 375 g/mol. The summed E-state index contributed by atoms with van der Waals surface area (Å²) in [7, 11) is 1.36. The van der Waals surface area contributed by atoms with Gasteiger partial charge in [-0.25, -0.2) is 9.59 Å². The van der Waals surface area contributed by atoms with Gasteiger partial charge in [-0.05, 0) is 36.6 Å². The molecule has 0 saturated carbocycles. The molecule has 8 nitrogen and oxygen atoms in total. The Morgan fingerprint density at radius 3 is 2.54 bits per heavy atom. The molecule has 2 aromatic rings. The topological polar surface area (TPSA) is 114 Å². The summed E-state index contributed by atoms with van der Waals surface area (Å²) < 4.78 is 5.03. The maximum Gasteiger partial charge on any atom is 0.338 e. The van der Waals surface area contributed by atoms with Gasteiger partial charge in [-0.3, -0.25) is 14.9 Å². The van der Waals surface area contributed by atoms with Crippen molar-refractivity contribution in [2.75, 3.05) is 12.4 Å². The van der Waals surface area contributed by atoms with Crippen LogP contribution in [0.4, 0.5) is 10.5 Å². The van der Waals surface area contributed by atoms with E-state index in [0.29, 0.717) is 10.6 Å². The van der Waals surface area contributed by atoms with Gasteiger partial charge in [-0.2, -0.15) is 0 Å². The number of amides is 4. The van der Waals surface area contributed by atoms with Crippen molar-refractivity contribution in [2.45, 2.75) is 13.0 Å². The second kappa shape index (κ2) is 8.77. The van der Waals surface area contributed by atoms with Crippen molar-refractivity contribution in [3.05, 3.63) is 52.2 Å². The van der Waals surface area contributed by atoms with Gasteiger partial charge in [-0.15, -0.1) is 11.3 Å². The second-order valence-electron chi connectivity index (χ2n) is 5.13. The molecule has 4 amide bonds. The van der Waals surface area contributed by atoms with Crippen LogP contribution in [0.5, 0.6) is 0 Å². The van der Waals surface area contributed by atoms with Crippen LogP contribution in [0, 0.1) is 0 Å². The highest BCUT2D eigenvalue weighted by Gasteiger charge is 2.20. The summed E-state index contributed by atoms with van der Waals surface area (Å²) in [6, 6.07) is 8.89. The summed E-state index contributed by atoms with van der Waals surface area (Å²) >= 11 is 1.30. The maximum absolute atomic E-state index is 12.2. The third-order valence-corrected chi connectivity index (χ3v) is 4.09. The van der Waals surface area contributed by atoms with Gasteiger partial charge in [-0.1, -0.05) is 12.1 Å². The maximum atomic E-state index is 12.2. The molecule has 136 valence electrons. The molecule has 0 saturated heterocycles. The zero-order chi connectivity index (χ0) is 19.1. The number of nitrogens with one attached hydrogen (secondary N) is 3. The Labute approximate surface area is 153 Å². The Balaban J connectivity index is 2.00. The average Bonchev–Trinajstić information content (AvgIpc) is 3.16. The molecule has 0 unspecified atom stereocenters. The predicted octanol–water partition coefficient (Wildman–Crippen LogP) is 2.00. The number of carbonyl (C=O) groups is 4. The first-order chi connectivity index (χ1) is 12.4. The number of ether oxygens (including phenoxy) is 1. The quantitative estimate of drug-likeness (QED) is 0.692. The molecular weight excluding hydrogens is 358 g/mol. The Kier molecular flexibility index (Phi) is 6.45. The van der Waals surface area contributed by atoms with Gasteiger partial charge in [0, 0.05) is 12.7 Å². The number of benzene rings is 1. The number of hydrogen-bond acceptors (Lipinski definition) is 6. The van der Waals surface area contributed by atoms with E-state index in [2.05, 4.69) is 10.6 Å². The van der Waals surface area contributed by atoms with E-state index >= 15 is 0 Å². The van der Waals surface area contributed by atoms with Gasteiger partial charge >= 0.3 is 12.0 Å². The normalized spacial score (nSPS) is 11.2. The van der Waals surface area contributed by atoms with E-state index in [1.165, 1.54) is 37.4 Å². The molecule has 9 heteroatoms. The fourth-order valence-corrected chi connectivity index (χ4v) is 2.50. The lowest BCUT2D eigenvalue weighted by atomic mass is 10.2. The molecule has 1 heterocycles. The number of esters is 1. The van der Waals surface area contributed by atoms with Gasteiger partial charge in [0.15, 0.2) is 6.10 Å². The molecule has 1 aromatic carbocycles. The highest BCUT2D eigenvalue weighted by atomic mass is 32.1. The first-order valence-corrected chi connectivity index (χ1v) is 8.47. The van der Waals surface area contributed by atoms with Crippen molar-refractivity contribution in [1.82, 2.24) is 10.6 Å². The summed E-state index contributed by atoms with van der Waals surface area (Å²) in [6.45, 7) is 1.35. The number of urea groups is 1. The zero-order valence-electron chi connectivity index (χ0n) is 14.1. The summed E-state index contributed by atoms with van der Waals surface area (Å²) in [5.74, 6) is -1.79. The molecule has 26 heavy (non-hydrogen) atoms. The van der Waals surface area contributed by atoms with Crippen LogP contribution in [0.3, 0.4) is 0 Å². The third-order valence-electron chi connectivity index (χ3n) is 3.22. The van der Waals surface area contributed by atoms with Crippen molar-refractivity contribution in [3.8, 4) is 0 Å².